The van der Waals surface area contributed by atoms with Crippen molar-refractivity contribution in [1.82, 2.24) is 9.13 Å². The molecule has 9 rings (SSSR count). The van der Waals surface area contributed by atoms with E-state index in [9.17, 15) is 0 Å². The van der Waals surface area contributed by atoms with Crippen LogP contribution in [0.25, 0.3) is 22.3 Å². The molecule has 2 aromatic heterocycles. The largest absolute Gasteiger partial charge is 0.350 e. The van der Waals surface area contributed by atoms with Gasteiger partial charge in [0.05, 0.1) is 38.9 Å². The number of hydrogen-bond acceptors (Lipinski definition) is 1. The number of benzene rings is 4. The van der Waals surface area contributed by atoms with Crippen LogP contribution in [0, 0.1) is 0 Å². The van der Waals surface area contributed by atoms with Gasteiger partial charge in [-0.2, -0.15) is 0 Å². The van der Waals surface area contributed by atoms with Gasteiger partial charge in [-0.3, -0.25) is 0 Å². The third kappa shape index (κ3) is 5.01. The summed E-state index contributed by atoms with van der Waals surface area (Å²) in [5, 5.41) is 2.23. The summed E-state index contributed by atoms with van der Waals surface area (Å²) in [6.45, 7) is 0. The monoisotopic (exact) mass is 643 g/mol. The average molecular weight is 644 g/mol. The van der Waals surface area contributed by atoms with Gasteiger partial charge < -0.3 is 9.13 Å². The van der Waals surface area contributed by atoms with Crippen molar-refractivity contribution in [3.8, 4) is 0 Å². The fourth-order valence-corrected chi connectivity index (χ4v) is 7.48. The zero-order valence-corrected chi connectivity index (χ0v) is 28.0. The van der Waals surface area contributed by atoms with Crippen molar-refractivity contribution in [2.45, 2.75) is 0 Å². The number of aryl methyl sites for hydroxylation is 1. The van der Waals surface area contributed by atoms with Crippen LogP contribution in [0.4, 0.5) is 0 Å². The molecule has 0 amide bonds. The summed E-state index contributed by atoms with van der Waals surface area (Å²) in [6, 6.07) is 49.5. The Morgan fingerprint density at radius 1 is 0.480 bits per heavy atom. The highest BCUT2D eigenvalue weighted by Crippen LogP contribution is 2.33. The van der Waals surface area contributed by atoms with Crippen molar-refractivity contribution in [1.29, 1.82) is 0 Å². The Labute approximate surface area is 291 Å². The van der Waals surface area contributed by atoms with E-state index in [2.05, 4.69) is 198 Å². The lowest BCUT2D eigenvalue weighted by molar-refractivity contribution is -0.383. The molecule has 0 saturated carbocycles. The van der Waals surface area contributed by atoms with Gasteiger partial charge in [-0.15, -0.1) is 0 Å². The van der Waals surface area contributed by atoms with Crippen LogP contribution < -0.4 is 15.7 Å². The Kier molecular flexibility index (Phi) is 7.21. The topological polar surface area (TPSA) is 36.2 Å². The van der Waals surface area contributed by atoms with E-state index in [-0.39, 0.29) is 0 Å². The Balaban J connectivity index is 1.46. The van der Waals surface area contributed by atoms with Crippen LogP contribution >= 0.6 is 0 Å². The molecular formula is C46H35N4+. The maximum atomic E-state index is 5.42. The maximum absolute atomic E-state index is 5.42. The van der Waals surface area contributed by atoms with Gasteiger partial charge in [0.15, 0.2) is 0 Å². The number of aliphatic imine (C=N–C) groups is 1. The zero-order chi connectivity index (χ0) is 33.6. The van der Waals surface area contributed by atoms with Gasteiger partial charge in [-0.05, 0) is 52.6 Å². The maximum Gasteiger partial charge on any atom is 0.214 e. The first-order valence-corrected chi connectivity index (χ1v) is 17.0. The van der Waals surface area contributed by atoms with Crippen LogP contribution in [0.15, 0.2) is 186 Å². The fourth-order valence-electron chi connectivity index (χ4n) is 7.48. The SMILES string of the molecule is Cn1cc2cc1C(c1ccccc1)=c1ccc(n1C)=C(c1ccccc1)C1=NC(=C(c3ccccc3)C3=[NH+]C(=C2c2ccccc2)C=C3)C=C1. The second-order valence-corrected chi connectivity index (χ2v) is 12.9. The molecule has 0 aliphatic carbocycles. The van der Waals surface area contributed by atoms with E-state index >= 15 is 0 Å². The molecule has 0 unspecified atom stereocenters. The minimum Gasteiger partial charge on any atom is -0.350 e. The lowest BCUT2D eigenvalue weighted by Gasteiger charge is -2.12. The van der Waals surface area contributed by atoms with E-state index in [1.54, 1.807) is 0 Å². The molecule has 6 aromatic rings. The highest BCUT2D eigenvalue weighted by Gasteiger charge is 2.28. The number of nitrogens with one attached hydrogen (secondary N) is 1. The summed E-state index contributed by atoms with van der Waals surface area (Å²) in [7, 11) is 4.33. The summed E-state index contributed by atoms with van der Waals surface area (Å²) in [6.07, 6.45) is 11.0. The van der Waals surface area contributed by atoms with Gasteiger partial charge in [-0.25, -0.2) is 9.98 Å². The number of hydrogen-bond donors (Lipinski definition) is 1. The second kappa shape index (κ2) is 12.2. The van der Waals surface area contributed by atoms with Gasteiger partial charge in [0.1, 0.15) is 0 Å². The van der Waals surface area contributed by atoms with E-state index in [4.69, 9.17) is 4.99 Å². The van der Waals surface area contributed by atoms with Crippen LogP contribution in [0.1, 0.15) is 33.5 Å². The van der Waals surface area contributed by atoms with Gasteiger partial charge in [0.25, 0.3) is 0 Å². The number of allylic oxidation sites excluding steroid dienone is 5. The van der Waals surface area contributed by atoms with E-state index in [1.165, 1.54) is 5.57 Å². The van der Waals surface area contributed by atoms with Gasteiger partial charge >= 0.3 is 0 Å². The molecule has 4 nitrogen and oxygen atoms in total. The molecule has 0 fully saturated rings. The highest BCUT2D eigenvalue weighted by molar-refractivity contribution is 6.33. The lowest BCUT2D eigenvalue weighted by Crippen LogP contribution is -2.68. The predicted octanol–water partition coefficient (Wildman–Crippen LogP) is 6.10. The van der Waals surface area contributed by atoms with Crippen molar-refractivity contribution in [3.63, 3.8) is 0 Å². The third-order valence-electron chi connectivity index (χ3n) is 9.81. The van der Waals surface area contributed by atoms with Crippen LogP contribution in [-0.2, 0) is 14.1 Å². The molecule has 238 valence electrons. The molecule has 0 saturated heterocycles. The smallest absolute Gasteiger partial charge is 0.214 e. The van der Waals surface area contributed by atoms with E-state index in [0.717, 1.165) is 83.7 Å². The molecule has 3 aliphatic heterocycles. The highest BCUT2D eigenvalue weighted by atomic mass is 15.0. The first-order valence-electron chi connectivity index (χ1n) is 17.0. The number of rotatable bonds is 4. The first-order chi connectivity index (χ1) is 24.6. The molecule has 4 heteroatoms. The summed E-state index contributed by atoms with van der Waals surface area (Å²) >= 11 is 0. The number of aromatic nitrogens is 2. The number of fused-ring (bicyclic) bond motifs is 6. The molecule has 3 aliphatic rings. The molecule has 0 spiro atoms. The number of nitrogens with zero attached hydrogens (tertiary/aromatic N) is 3. The van der Waals surface area contributed by atoms with Crippen LogP contribution in [0.5, 0.6) is 0 Å². The second-order valence-electron chi connectivity index (χ2n) is 12.9. The lowest BCUT2D eigenvalue weighted by atomic mass is 9.96. The quantitative estimate of drug-likeness (QED) is 0.241. The Morgan fingerprint density at radius 3 is 1.60 bits per heavy atom. The van der Waals surface area contributed by atoms with Crippen molar-refractivity contribution in [3.05, 3.63) is 226 Å². The summed E-state index contributed by atoms with van der Waals surface area (Å²) in [4.78, 5) is 9.28. The van der Waals surface area contributed by atoms with Gasteiger partial charge in [0, 0.05) is 49.2 Å². The van der Waals surface area contributed by atoms with E-state index in [0.29, 0.717) is 0 Å². The molecule has 1 N–H and O–H groups in total. The average Bonchev–Trinajstić information content (AvgIpc) is 3.98. The van der Waals surface area contributed by atoms with Gasteiger partial charge in [0.2, 0.25) is 11.4 Å². The van der Waals surface area contributed by atoms with Crippen molar-refractivity contribution in [2.24, 2.45) is 19.1 Å². The van der Waals surface area contributed by atoms with Crippen LogP contribution in [-0.4, -0.2) is 20.6 Å². The molecule has 0 atom stereocenters. The minimum absolute atomic E-state index is 0.925. The summed E-state index contributed by atoms with van der Waals surface area (Å²) in [5.74, 6) is 0. The van der Waals surface area contributed by atoms with Crippen molar-refractivity contribution < 1.29 is 4.99 Å². The fraction of sp³-hybridized carbons (Fsp3) is 0.0435. The minimum atomic E-state index is 0.925. The third-order valence-corrected chi connectivity index (χ3v) is 9.81. The molecule has 4 aromatic carbocycles. The van der Waals surface area contributed by atoms with E-state index < -0.39 is 0 Å². The summed E-state index contributed by atoms with van der Waals surface area (Å²) in [5.41, 5.74) is 15.2. The Hall–Kier alpha value is -6.52. The van der Waals surface area contributed by atoms with Crippen molar-refractivity contribution >= 4 is 33.7 Å². The normalized spacial score (nSPS) is 15.2. The molecule has 8 bridgehead atoms. The van der Waals surface area contributed by atoms with E-state index in [1.807, 2.05) is 0 Å². The zero-order valence-electron chi connectivity index (χ0n) is 28.0. The molecule has 5 heterocycles. The first kappa shape index (κ1) is 29.6. The van der Waals surface area contributed by atoms with Crippen LogP contribution in [0.2, 0.25) is 0 Å². The Bertz CT molecular complexity index is 2610. The molecule has 50 heavy (non-hydrogen) atoms. The molecule has 0 radical (unpaired) electrons. The van der Waals surface area contributed by atoms with Crippen LogP contribution in [0.3, 0.4) is 0 Å². The van der Waals surface area contributed by atoms with Gasteiger partial charge in [-0.1, -0.05) is 121 Å². The summed E-state index contributed by atoms with van der Waals surface area (Å²) < 4.78 is 4.60. The standard InChI is InChI=1S/C46H34N4/c1-49-30-35-29-42(49)46(34-21-13-6-14-22-34)41-28-27-40(50(41)2)45(33-19-11-5-12-20-33)39-26-25-38(48-39)44(32-17-9-4-10-18-32)37-24-23-36(47-37)43(35)31-15-7-3-8-16-31/h3-30H,1-2H3/p+1. The predicted molar refractivity (Wildman–Crippen MR) is 205 cm³/mol. The molecular weight excluding hydrogens is 609 g/mol. The Morgan fingerprint density at radius 2 is 1.00 bits per heavy atom. The van der Waals surface area contributed by atoms with Crippen molar-refractivity contribution in [2.75, 3.05) is 0 Å².